The summed E-state index contributed by atoms with van der Waals surface area (Å²) in [4.78, 5) is 0. The van der Waals surface area contributed by atoms with Crippen LogP contribution in [0.2, 0.25) is 0 Å². The molecule has 0 amide bonds. The predicted molar refractivity (Wildman–Crippen MR) is 76.1 cm³/mol. The molecule has 0 bridgehead atoms. The highest BCUT2D eigenvalue weighted by atomic mass is 14.9. The molecule has 0 saturated carbocycles. The van der Waals surface area contributed by atoms with Crippen LogP contribution in [0.5, 0.6) is 0 Å². The third-order valence-electron chi connectivity index (χ3n) is 3.35. The molecule has 0 aliphatic heterocycles. The zero-order valence-corrected chi connectivity index (χ0v) is 11.7. The lowest BCUT2D eigenvalue weighted by atomic mass is 9.87. The number of nitrogens with one attached hydrogen (secondary N) is 1. The van der Waals surface area contributed by atoms with Crippen molar-refractivity contribution in [2.75, 3.05) is 6.54 Å². The van der Waals surface area contributed by atoms with Crippen LogP contribution in [-0.4, -0.2) is 6.54 Å². The molecule has 1 aromatic carbocycles. The first-order valence-corrected chi connectivity index (χ1v) is 6.74. The van der Waals surface area contributed by atoms with Crippen molar-refractivity contribution < 1.29 is 0 Å². The fourth-order valence-electron chi connectivity index (χ4n) is 2.07. The van der Waals surface area contributed by atoms with E-state index in [1.165, 1.54) is 5.56 Å². The summed E-state index contributed by atoms with van der Waals surface area (Å²) in [7, 11) is 0. The first-order chi connectivity index (χ1) is 8.59. The minimum Gasteiger partial charge on any atom is -0.309 e. The molecule has 0 fully saturated rings. The highest BCUT2D eigenvalue weighted by Gasteiger charge is 2.19. The van der Waals surface area contributed by atoms with E-state index in [9.17, 15) is 0 Å². The molecular formula is C16H24N2. The van der Waals surface area contributed by atoms with Gasteiger partial charge in [0.05, 0.1) is 6.07 Å². The van der Waals surface area contributed by atoms with Crippen molar-refractivity contribution in [1.29, 1.82) is 5.26 Å². The number of rotatable bonds is 7. The Morgan fingerprint density at radius 3 is 2.50 bits per heavy atom. The van der Waals surface area contributed by atoms with Gasteiger partial charge in [0.25, 0.3) is 0 Å². The summed E-state index contributed by atoms with van der Waals surface area (Å²) in [5.41, 5.74) is 1.52. The monoisotopic (exact) mass is 244 g/mol. The SMILES string of the molecule is CCC(NCC(C)(C)CCC#N)c1ccccc1. The molecule has 2 nitrogen and oxygen atoms in total. The fourth-order valence-corrected chi connectivity index (χ4v) is 2.07. The maximum Gasteiger partial charge on any atom is 0.0621 e. The summed E-state index contributed by atoms with van der Waals surface area (Å²) in [6, 6.07) is 13.2. The molecule has 1 unspecified atom stereocenters. The minimum atomic E-state index is 0.179. The Labute approximate surface area is 111 Å². The Hall–Kier alpha value is -1.33. The van der Waals surface area contributed by atoms with Gasteiger partial charge in [-0.15, -0.1) is 0 Å². The van der Waals surface area contributed by atoms with Crippen LogP contribution in [-0.2, 0) is 0 Å². The van der Waals surface area contributed by atoms with E-state index in [2.05, 4.69) is 56.4 Å². The number of benzene rings is 1. The molecule has 98 valence electrons. The van der Waals surface area contributed by atoms with Crippen molar-refractivity contribution in [3.05, 3.63) is 35.9 Å². The number of nitrogens with zero attached hydrogens (tertiary/aromatic N) is 1. The lowest BCUT2D eigenvalue weighted by Gasteiger charge is -2.27. The van der Waals surface area contributed by atoms with Crippen LogP contribution in [0.4, 0.5) is 0 Å². The second kappa shape index (κ2) is 7.18. The summed E-state index contributed by atoms with van der Waals surface area (Å²) in [6.07, 6.45) is 2.66. The number of nitriles is 1. The maximum atomic E-state index is 8.66. The van der Waals surface area contributed by atoms with Gasteiger partial charge in [0.2, 0.25) is 0 Å². The molecule has 0 spiro atoms. The van der Waals surface area contributed by atoms with Gasteiger partial charge in [-0.1, -0.05) is 51.1 Å². The molecule has 1 aromatic rings. The van der Waals surface area contributed by atoms with Crippen molar-refractivity contribution in [3.63, 3.8) is 0 Å². The van der Waals surface area contributed by atoms with E-state index in [-0.39, 0.29) is 5.41 Å². The van der Waals surface area contributed by atoms with E-state index in [0.717, 1.165) is 19.4 Å². The Bertz CT molecular complexity index is 376. The van der Waals surface area contributed by atoms with Gasteiger partial charge in [-0.25, -0.2) is 0 Å². The first kappa shape index (κ1) is 14.7. The van der Waals surface area contributed by atoms with E-state index < -0.39 is 0 Å². The third-order valence-corrected chi connectivity index (χ3v) is 3.35. The van der Waals surface area contributed by atoms with E-state index in [1.54, 1.807) is 0 Å². The van der Waals surface area contributed by atoms with Crippen molar-refractivity contribution >= 4 is 0 Å². The van der Waals surface area contributed by atoms with Crippen molar-refractivity contribution in [3.8, 4) is 6.07 Å². The molecule has 1 rings (SSSR count). The van der Waals surface area contributed by atoms with E-state index in [1.807, 2.05) is 6.07 Å². The van der Waals surface area contributed by atoms with Crippen LogP contribution in [0.1, 0.15) is 51.6 Å². The topological polar surface area (TPSA) is 35.8 Å². The largest absolute Gasteiger partial charge is 0.309 e. The molecule has 0 saturated heterocycles. The van der Waals surface area contributed by atoms with Crippen LogP contribution in [0.15, 0.2) is 30.3 Å². The highest BCUT2D eigenvalue weighted by Crippen LogP contribution is 2.23. The molecular weight excluding hydrogens is 220 g/mol. The fraction of sp³-hybridized carbons (Fsp3) is 0.562. The molecule has 1 N–H and O–H groups in total. The molecule has 18 heavy (non-hydrogen) atoms. The molecule has 2 heteroatoms. The maximum absolute atomic E-state index is 8.66. The number of hydrogen-bond donors (Lipinski definition) is 1. The van der Waals surface area contributed by atoms with Crippen LogP contribution in [0, 0.1) is 16.7 Å². The zero-order valence-electron chi connectivity index (χ0n) is 11.7. The molecule has 0 aliphatic rings. The van der Waals surface area contributed by atoms with Gasteiger partial charge in [0.1, 0.15) is 0 Å². The molecule has 0 aliphatic carbocycles. The van der Waals surface area contributed by atoms with Crippen LogP contribution < -0.4 is 5.32 Å². The summed E-state index contributed by atoms with van der Waals surface area (Å²) in [5, 5.41) is 12.3. The van der Waals surface area contributed by atoms with E-state index >= 15 is 0 Å². The van der Waals surface area contributed by atoms with Crippen LogP contribution in [0.3, 0.4) is 0 Å². The highest BCUT2D eigenvalue weighted by molar-refractivity contribution is 5.18. The second-order valence-corrected chi connectivity index (χ2v) is 5.57. The third kappa shape index (κ3) is 4.89. The van der Waals surface area contributed by atoms with Crippen LogP contribution in [0.25, 0.3) is 0 Å². The molecule has 0 aromatic heterocycles. The Balaban J connectivity index is 2.53. The van der Waals surface area contributed by atoms with Gasteiger partial charge >= 0.3 is 0 Å². The van der Waals surface area contributed by atoms with E-state index in [0.29, 0.717) is 12.5 Å². The lowest BCUT2D eigenvalue weighted by Crippen LogP contribution is -2.32. The standard InChI is InChI=1S/C16H24N2/c1-4-15(14-9-6-5-7-10-14)18-13-16(2,3)11-8-12-17/h5-7,9-10,15,18H,4,8,11,13H2,1-3H3. The van der Waals surface area contributed by atoms with Crippen molar-refractivity contribution in [2.24, 2.45) is 5.41 Å². The average Bonchev–Trinajstić information content (AvgIpc) is 2.38. The quantitative estimate of drug-likeness (QED) is 0.785. The lowest BCUT2D eigenvalue weighted by molar-refractivity contribution is 0.298. The first-order valence-electron chi connectivity index (χ1n) is 6.74. The molecule has 0 heterocycles. The smallest absolute Gasteiger partial charge is 0.0621 e. The van der Waals surface area contributed by atoms with Gasteiger partial charge in [-0.05, 0) is 23.8 Å². The van der Waals surface area contributed by atoms with Crippen molar-refractivity contribution in [2.45, 2.75) is 46.1 Å². The van der Waals surface area contributed by atoms with Gasteiger partial charge in [0.15, 0.2) is 0 Å². The minimum absolute atomic E-state index is 0.179. The van der Waals surface area contributed by atoms with E-state index in [4.69, 9.17) is 5.26 Å². The number of hydrogen-bond acceptors (Lipinski definition) is 2. The van der Waals surface area contributed by atoms with Gasteiger partial charge < -0.3 is 5.32 Å². The summed E-state index contributed by atoms with van der Waals surface area (Å²) in [6.45, 7) is 7.58. The molecule has 1 atom stereocenters. The second-order valence-electron chi connectivity index (χ2n) is 5.57. The van der Waals surface area contributed by atoms with Crippen molar-refractivity contribution in [1.82, 2.24) is 5.32 Å². The normalized spacial score (nSPS) is 13.0. The summed E-state index contributed by atoms with van der Waals surface area (Å²) < 4.78 is 0. The summed E-state index contributed by atoms with van der Waals surface area (Å²) >= 11 is 0. The Morgan fingerprint density at radius 1 is 1.28 bits per heavy atom. The molecule has 0 radical (unpaired) electrons. The van der Waals surface area contributed by atoms with Crippen LogP contribution >= 0.6 is 0 Å². The van der Waals surface area contributed by atoms with Gasteiger partial charge in [-0.2, -0.15) is 5.26 Å². The zero-order chi connectivity index (χ0) is 13.4. The predicted octanol–water partition coefficient (Wildman–Crippen LogP) is 4.06. The Kier molecular flexibility index (Phi) is 5.88. The summed E-state index contributed by atoms with van der Waals surface area (Å²) in [5.74, 6) is 0. The average molecular weight is 244 g/mol. The van der Waals surface area contributed by atoms with Gasteiger partial charge in [-0.3, -0.25) is 0 Å². The van der Waals surface area contributed by atoms with Gasteiger partial charge in [0, 0.05) is 19.0 Å². The Morgan fingerprint density at radius 2 is 1.94 bits per heavy atom.